The number of hydrogen-bond donors (Lipinski definition) is 5. The van der Waals surface area contributed by atoms with E-state index in [-0.39, 0.29) is 24.0 Å². The monoisotopic (exact) mass is 444 g/mol. The highest BCUT2D eigenvalue weighted by molar-refractivity contribution is 7.80. The minimum Gasteiger partial charge on any atom is -0.481 e. The molecule has 0 aromatic rings. The number of carbonyl (C=O) groups excluding carboxylic acids is 3. The lowest BCUT2D eigenvalue weighted by Crippen LogP contribution is -2.56. The van der Waals surface area contributed by atoms with Crippen molar-refractivity contribution in [2.45, 2.75) is 62.7 Å². The Labute approximate surface area is 179 Å². The lowest BCUT2D eigenvalue weighted by Gasteiger charge is -2.32. The molecule has 11 nitrogen and oxygen atoms in total. The molecular formula is C18H28N4O7S. The van der Waals surface area contributed by atoms with Gasteiger partial charge in [-0.3, -0.25) is 19.2 Å². The fourth-order valence-corrected chi connectivity index (χ4v) is 4.02. The van der Waals surface area contributed by atoms with Crippen molar-refractivity contribution in [3.63, 3.8) is 0 Å². The average Bonchev–Trinajstić information content (AvgIpc) is 3.38. The fraction of sp³-hybridized carbons (Fsp3) is 0.722. The van der Waals surface area contributed by atoms with E-state index in [0.717, 1.165) is 0 Å². The normalized spacial score (nSPS) is 23.1. The Bertz CT molecular complexity index is 704. The molecule has 168 valence electrons. The smallest absolute Gasteiger partial charge is 0.326 e. The van der Waals surface area contributed by atoms with Crippen LogP contribution in [0.3, 0.4) is 0 Å². The van der Waals surface area contributed by atoms with Crippen LogP contribution in [0.15, 0.2) is 0 Å². The summed E-state index contributed by atoms with van der Waals surface area (Å²) in [7, 11) is 0. The van der Waals surface area contributed by atoms with Crippen LogP contribution in [-0.4, -0.2) is 92.7 Å². The maximum absolute atomic E-state index is 13.1. The van der Waals surface area contributed by atoms with Crippen LogP contribution < -0.4 is 11.1 Å². The van der Waals surface area contributed by atoms with E-state index in [9.17, 15) is 29.1 Å². The second kappa shape index (κ2) is 10.6. The molecule has 2 aliphatic heterocycles. The van der Waals surface area contributed by atoms with Crippen molar-refractivity contribution in [3.05, 3.63) is 0 Å². The molecule has 0 aromatic heterocycles. The van der Waals surface area contributed by atoms with E-state index >= 15 is 0 Å². The summed E-state index contributed by atoms with van der Waals surface area (Å²) in [5.41, 5.74) is 5.77. The average molecular weight is 445 g/mol. The number of rotatable bonds is 9. The molecule has 2 fully saturated rings. The van der Waals surface area contributed by atoms with Gasteiger partial charge in [-0.2, -0.15) is 12.6 Å². The quantitative estimate of drug-likeness (QED) is 0.272. The largest absolute Gasteiger partial charge is 0.481 e. The standard InChI is InChI=1S/C18H28N4O7S/c19-10(9-30)16(26)22-8-2-4-13(22)17(27)21-7-1-3-12(21)15(25)20-11(18(28)29)5-6-14(23)24/h10-13,30H,1-9,19H2,(H,20,25)(H,23,24)(H,28,29). The maximum Gasteiger partial charge on any atom is 0.326 e. The van der Waals surface area contributed by atoms with Crippen LogP contribution in [0.5, 0.6) is 0 Å². The van der Waals surface area contributed by atoms with Gasteiger partial charge in [-0.15, -0.1) is 0 Å². The highest BCUT2D eigenvalue weighted by Crippen LogP contribution is 2.25. The molecule has 0 saturated carbocycles. The summed E-state index contributed by atoms with van der Waals surface area (Å²) in [6, 6.07) is -3.74. The number of amides is 3. The van der Waals surface area contributed by atoms with Crippen LogP contribution in [0, 0.1) is 0 Å². The maximum atomic E-state index is 13.1. The lowest BCUT2D eigenvalue weighted by molar-refractivity contribution is -0.148. The number of aliphatic carboxylic acids is 2. The minimum atomic E-state index is -1.36. The van der Waals surface area contributed by atoms with Gasteiger partial charge in [0.2, 0.25) is 17.7 Å². The number of thiol groups is 1. The molecule has 0 radical (unpaired) electrons. The van der Waals surface area contributed by atoms with Crippen molar-refractivity contribution in [2.75, 3.05) is 18.8 Å². The van der Waals surface area contributed by atoms with Gasteiger partial charge in [-0.05, 0) is 32.1 Å². The number of hydrogen-bond acceptors (Lipinski definition) is 7. The topological polar surface area (TPSA) is 170 Å². The van der Waals surface area contributed by atoms with Gasteiger partial charge in [0.15, 0.2) is 0 Å². The number of carboxylic acid groups (broad SMARTS) is 2. The zero-order valence-corrected chi connectivity index (χ0v) is 17.4. The second-order valence-corrected chi connectivity index (χ2v) is 7.87. The van der Waals surface area contributed by atoms with Crippen molar-refractivity contribution >= 4 is 42.3 Å². The van der Waals surface area contributed by atoms with E-state index in [4.69, 9.17) is 10.8 Å². The molecule has 0 aromatic carbocycles. The fourth-order valence-electron chi connectivity index (χ4n) is 3.87. The van der Waals surface area contributed by atoms with Crippen molar-refractivity contribution in [1.82, 2.24) is 15.1 Å². The molecule has 2 aliphatic rings. The third-order valence-electron chi connectivity index (χ3n) is 5.43. The third-order valence-corrected chi connectivity index (χ3v) is 5.83. The molecule has 3 amide bonds. The first-order chi connectivity index (χ1) is 14.2. The Morgan fingerprint density at radius 2 is 1.63 bits per heavy atom. The van der Waals surface area contributed by atoms with Gasteiger partial charge in [-0.1, -0.05) is 0 Å². The van der Waals surface area contributed by atoms with Gasteiger partial charge in [0.05, 0.1) is 6.04 Å². The summed E-state index contributed by atoms with van der Waals surface area (Å²) in [5, 5.41) is 20.3. The van der Waals surface area contributed by atoms with Crippen molar-refractivity contribution in [3.8, 4) is 0 Å². The summed E-state index contributed by atoms with van der Waals surface area (Å²) in [6.07, 6.45) is 1.36. The van der Waals surface area contributed by atoms with Crippen molar-refractivity contribution in [1.29, 1.82) is 0 Å². The Hall–Kier alpha value is -2.34. The molecule has 0 bridgehead atoms. The number of likely N-dealkylation sites (tertiary alicyclic amines) is 2. The van der Waals surface area contributed by atoms with E-state index in [1.54, 1.807) is 0 Å². The van der Waals surface area contributed by atoms with Crippen LogP contribution in [0.1, 0.15) is 38.5 Å². The van der Waals surface area contributed by atoms with Crippen LogP contribution in [0.25, 0.3) is 0 Å². The third kappa shape index (κ3) is 5.63. The zero-order valence-electron chi connectivity index (χ0n) is 16.5. The first-order valence-electron chi connectivity index (χ1n) is 9.89. The van der Waals surface area contributed by atoms with Gasteiger partial charge in [0.25, 0.3) is 0 Å². The molecule has 4 atom stereocenters. The number of carboxylic acids is 2. The molecule has 2 rings (SSSR count). The van der Waals surface area contributed by atoms with Crippen LogP contribution in [0.2, 0.25) is 0 Å². The molecule has 5 N–H and O–H groups in total. The zero-order chi connectivity index (χ0) is 22.4. The highest BCUT2D eigenvalue weighted by Gasteiger charge is 2.43. The summed E-state index contributed by atoms with van der Waals surface area (Å²) in [4.78, 5) is 63.1. The SMILES string of the molecule is NC(CS)C(=O)N1CCCC1C(=O)N1CCCC1C(=O)NC(CCC(=O)O)C(=O)O. The van der Waals surface area contributed by atoms with Gasteiger partial charge in [0.1, 0.15) is 18.1 Å². The van der Waals surface area contributed by atoms with E-state index in [1.807, 2.05) is 0 Å². The van der Waals surface area contributed by atoms with E-state index in [2.05, 4.69) is 17.9 Å². The van der Waals surface area contributed by atoms with Gasteiger partial charge in [-0.25, -0.2) is 4.79 Å². The number of nitrogens with two attached hydrogens (primary N) is 1. The molecule has 0 spiro atoms. The van der Waals surface area contributed by atoms with E-state index in [1.165, 1.54) is 9.80 Å². The number of carbonyl (C=O) groups is 5. The summed E-state index contributed by atoms with van der Waals surface area (Å²) in [5.74, 6) is -3.71. The van der Waals surface area contributed by atoms with E-state index in [0.29, 0.717) is 38.8 Å². The molecule has 2 saturated heterocycles. The molecule has 2 heterocycles. The Morgan fingerprint density at radius 1 is 1.03 bits per heavy atom. The molecule has 4 unspecified atom stereocenters. The molecule has 12 heteroatoms. The molecular weight excluding hydrogens is 416 g/mol. The van der Waals surface area contributed by atoms with Gasteiger partial charge >= 0.3 is 11.9 Å². The molecule has 30 heavy (non-hydrogen) atoms. The van der Waals surface area contributed by atoms with Crippen molar-refractivity contribution < 1.29 is 34.2 Å². The Morgan fingerprint density at radius 3 is 2.20 bits per heavy atom. The van der Waals surface area contributed by atoms with Gasteiger partial charge in [0, 0.05) is 25.3 Å². The Kier molecular flexibility index (Phi) is 8.47. The van der Waals surface area contributed by atoms with Crippen LogP contribution >= 0.6 is 12.6 Å². The highest BCUT2D eigenvalue weighted by atomic mass is 32.1. The predicted molar refractivity (Wildman–Crippen MR) is 108 cm³/mol. The number of nitrogens with zero attached hydrogens (tertiary/aromatic N) is 2. The lowest BCUT2D eigenvalue weighted by atomic mass is 10.1. The first kappa shape index (κ1) is 23.9. The van der Waals surface area contributed by atoms with E-state index < -0.39 is 48.4 Å². The summed E-state index contributed by atoms with van der Waals surface area (Å²) in [6.45, 7) is 0.721. The minimum absolute atomic E-state index is 0.151. The Balaban J connectivity index is 2.07. The first-order valence-corrected chi connectivity index (χ1v) is 10.5. The van der Waals surface area contributed by atoms with Crippen LogP contribution in [-0.2, 0) is 24.0 Å². The van der Waals surface area contributed by atoms with Crippen molar-refractivity contribution in [2.24, 2.45) is 5.73 Å². The second-order valence-electron chi connectivity index (χ2n) is 7.50. The predicted octanol–water partition coefficient (Wildman–Crippen LogP) is -1.34. The molecule has 0 aliphatic carbocycles. The van der Waals surface area contributed by atoms with Gasteiger partial charge < -0.3 is 31.1 Å². The van der Waals surface area contributed by atoms with Crippen LogP contribution in [0.4, 0.5) is 0 Å². The summed E-state index contributed by atoms with van der Waals surface area (Å²) >= 11 is 4.03. The summed E-state index contributed by atoms with van der Waals surface area (Å²) < 4.78 is 0. The number of nitrogens with one attached hydrogen (secondary N) is 1.